The van der Waals surface area contributed by atoms with Crippen LogP contribution in [-0.2, 0) is 10.0 Å². The third kappa shape index (κ3) is 5.04. The quantitative estimate of drug-likeness (QED) is 0.856. The number of amides is 1. The number of carbonyl (C=O) groups excluding carboxylic acids is 1. The lowest BCUT2D eigenvalue weighted by Gasteiger charge is -2.20. The van der Waals surface area contributed by atoms with Crippen LogP contribution in [-0.4, -0.2) is 27.0 Å². The van der Waals surface area contributed by atoms with E-state index in [2.05, 4.69) is 10.0 Å². The number of methoxy groups -OCH3 is 1. The van der Waals surface area contributed by atoms with Crippen molar-refractivity contribution in [3.8, 4) is 5.75 Å². The van der Waals surface area contributed by atoms with Gasteiger partial charge in [-0.25, -0.2) is 13.1 Å². The van der Waals surface area contributed by atoms with Crippen molar-refractivity contribution in [2.75, 3.05) is 12.4 Å². The number of para-hydroxylation sites is 2. The van der Waals surface area contributed by atoms with Gasteiger partial charge in [-0.1, -0.05) is 12.1 Å². The molecule has 2 aromatic rings. The number of ether oxygens (including phenoxy) is 1. The van der Waals surface area contributed by atoms with Crippen molar-refractivity contribution in [3.05, 3.63) is 54.1 Å². The molecule has 0 aromatic heterocycles. The first-order valence-electron chi connectivity index (χ1n) is 7.71. The molecule has 2 aromatic carbocycles. The predicted octanol–water partition coefficient (Wildman–Crippen LogP) is 3.02. The molecule has 0 atom stereocenters. The Bertz CT molecular complexity index is 853. The summed E-state index contributed by atoms with van der Waals surface area (Å²) in [6.07, 6.45) is 0. The van der Waals surface area contributed by atoms with E-state index in [9.17, 15) is 13.2 Å². The van der Waals surface area contributed by atoms with E-state index in [0.717, 1.165) is 0 Å². The van der Waals surface area contributed by atoms with E-state index < -0.39 is 15.6 Å². The second kappa shape index (κ2) is 7.25. The van der Waals surface area contributed by atoms with Crippen LogP contribution in [0, 0.1) is 0 Å². The molecule has 0 radical (unpaired) electrons. The van der Waals surface area contributed by atoms with Gasteiger partial charge in [0.2, 0.25) is 10.0 Å². The largest absolute Gasteiger partial charge is 0.495 e. The van der Waals surface area contributed by atoms with Crippen molar-refractivity contribution < 1.29 is 17.9 Å². The van der Waals surface area contributed by atoms with Gasteiger partial charge in [0.25, 0.3) is 5.91 Å². The summed E-state index contributed by atoms with van der Waals surface area (Å²) in [5.74, 6) is 0.196. The van der Waals surface area contributed by atoms with Crippen LogP contribution in [0.5, 0.6) is 5.75 Å². The molecule has 0 spiro atoms. The molecule has 6 nitrogen and oxygen atoms in total. The molecular formula is C18H22N2O4S. The highest BCUT2D eigenvalue weighted by atomic mass is 32.2. The van der Waals surface area contributed by atoms with E-state index in [-0.39, 0.29) is 10.8 Å². The van der Waals surface area contributed by atoms with Gasteiger partial charge < -0.3 is 10.1 Å². The maximum absolute atomic E-state index is 12.3. The van der Waals surface area contributed by atoms with Crippen molar-refractivity contribution in [1.29, 1.82) is 0 Å². The summed E-state index contributed by atoms with van der Waals surface area (Å²) in [5, 5.41) is 2.75. The molecule has 0 aliphatic rings. The number of hydrogen-bond acceptors (Lipinski definition) is 4. The third-order valence-electron chi connectivity index (χ3n) is 3.22. The fourth-order valence-corrected chi connectivity index (χ4v) is 3.61. The number of hydrogen-bond donors (Lipinski definition) is 2. The summed E-state index contributed by atoms with van der Waals surface area (Å²) in [5.41, 5.74) is 0.306. The molecule has 134 valence electrons. The molecule has 0 fully saturated rings. The van der Waals surface area contributed by atoms with Gasteiger partial charge in [-0.15, -0.1) is 0 Å². The number of sulfonamides is 1. The standard InChI is InChI=1S/C18H22N2O4S/c1-18(2,3)20-25(22,23)14-11-9-13(10-12-14)17(21)19-15-7-5-6-8-16(15)24-4/h5-12,20H,1-4H3,(H,19,21). The summed E-state index contributed by atoms with van der Waals surface area (Å²) in [4.78, 5) is 12.4. The van der Waals surface area contributed by atoms with Crippen LogP contribution < -0.4 is 14.8 Å². The van der Waals surface area contributed by atoms with Gasteiger partial charge >= 0.3 is 0 Å². The SMILES string of the molecule is COc1ccccc1NC(=O)c1ccc(S(=O)(=O)NC(C)(C)C)cc1. The number of carbonyl (C=O) groups is 1. The minimum atomic E-state index is -3.63. The summed E-state index contributed by atoms with van der Waals surface area (Å²) in [6.45, 7) is 5.29. The second-order valence-corrected chi connectivity index (χ2v) is 8.22. The number of benzene rings is 2. The van der Waals surface area contributed by atoms with Crippen LogP contribution in [0.2, 0.25) is 0 Å². The highest BCUT2D eigenvalue weighted by Crippen LogP contribution is 2.24. The first-order chi connectivity index (χ1) is 11.6. The molecule has 2 rings (SSSR count). The molecule has 0 saturated heterocycles. The monoisotopic (exact) mass is 362 g/mol. The van der Waals surface area contributed by atoms with Crippen molar-refractivity contribution in [1.82, 2.24) is 4.72 Å². The maximum atomic E-state index is 12.3. The lowest BCUT2D eigenvalue weighted by molar-refractivity contribution is 0.102. The van der Waals surface area contributed by atoms with Crippen LogP contribution >= 0.6 is 0 Å². The molecule has 1 amide bonds. The van der Waals surface area contributed by atoms with Crippen LogP contribution in [0.4, 0.5) is 5.69 Å². The average Bonchev–Trinajstić information content (AvgIpc) is 2.53. The normalized spacial score (nSPS) is 11.8. The van der Waals surface area contributed by atoms with Gasteiger partial charge in [0.15, 0.2) is 0 Å². The summed E-state index contributed by atoms with van der Waals surface area (Å²) >= 11 is 0. The first kappa shape index (κ1) is 19.0. The van der Waals surface area contributed by atoms with Crippen molar-refractivity contribution >= 4 is 21.6 Å². The summed E-state index contributed by atoms with van der Waals surface area (Å²) in [6, 6.07) is 12.8. The highest BCUT2D eigenvalue weighted by molar-refractivity contribution is 7.89. The zero-order chi connectivity index (χ0) is 18.7. The third-order valence-corrected chi connectivity index (χ3v) is 5.00. The van der Waals surface area contributed by atoms with Gasteiger partial charge in [-0.05, 0) is 57.2 Å². The number of anilines is 1. The van der Waals surface area contributed by atoms with Crippen LogP contribution in [0.3, 0.4) is 0 Å². The molecule has 0 aliphatic carbocycles. The Morgan fingerprint density at radius 3 is 2.16 bits per heavy atom. The lowest BCUT2D eigenvalue weighted by atomic mass is 10.1. The van der Waals surface area contributed by atoms with Gasteiger partial charge in [-0.2, -0.15) is 0 Å². The summed E-state index contributed by atoms with van der Waals surface area (Å²) in [7, 11) is -2.11. The van der Waals surface area contributed by atoms with E-state index >= 15 is 0 Å². The molecule has 0 saturated carbocycles. The second-order valence-electron chi connectivity index (χ2n) is 6.53. The average molecular weight is 362 g/mol. The predicted molar refractivity (Wildman–Crippen MR) is 97.5 cm³/mol. The van der Waals surface area contributed by atoms with Gasteiger partial charge in [0, 0.05) is 11.1 Å². The smallest absolute Gasteiger partial charge is 0.255 e. The molecule has 2 N–H and O–H groups in total. The number of rotatable bonds is 5. The van der Waals surface area contributed by atoms with Crippen LogP contribution in [0.15, 0.2) is 53.4 Å². The minimum absolute atomic E-state index is 0.108. The lowest BCUT2D eigenvalue weighted by Crippen LogP contribution is -2.40. The molecule has 0 bridgehead atoms. The van der Waals surface area contributed by atoms with Crippen molar-refractivity contribution in [2.45, 2.75) is 31.2 Å². The van der Waals surface area contributed by atoms with Gasteiger partial charge in [0.1, 0.15) is 5.75 Å². The van der Waals surface area contributed by atoms with E-state index in [1.54, 1.807) is 45.0 Å². The molecule has 0 heterocycles. The zero-order valence-corrected chi connectivity index (χ0v) is 15.5. The van der Waals surface area contributed by atoms with Crippen molar-refractivity contribution in [2.24, 2.45) is 0 Å². The van der Waals surface area contributed by atoms with E-state index in [1.165, 1.54) is 31.4 Å². The molecule has 0 aliphatic heterocycles. The fraction of sp³-hybridized carbons (Fsp3) is 0.278. The van der Waals surface area contributed by atoms with E-state index in [0.29, 0.717) is 17.0 Å². The van der Waals surface area contributed by atoms with Crippen molar-refractivity contribution in [3.63, 3.8) is 0 Å². The van der Waals surface area contributed by atoms with Crippen LogP contribution in [0.25, 0.3) is 0 Å². The Kier molecular flexibility index (Phi) is 5.49. The van der Waals surface area contributed by atoms with Crippen LogP contribution in [0.1, 0.15) is 31.1 Å². The topological polar surface area (TPSA) is 84.5 Å². The first-order valence-corrected chi connectivity index (χ1v) is 9.19. The molecule has 7 heteroatoms. The number of nitrogens with one attached hydrogen (secondary N) is 2. The maximum Gasteiger partial charge on any atom is 0.255 e. The Labute approximate surface area is 148 Å². The van der Waals surface area contributed by atoms with Gasteiger partial charge in [-0.3, -0.25) is 4.79 Å². The Morgan fingerprint density at radius 1 is 1.00 bits per heavy atom. The van der Waals surface area contributed by atoms with E-state index in [1.807, 2.05) is 0 Å². The Hall–Kier alpha value is -2.38. The zero-order valence-electron chi connectivity index (χ0n) is 14.7. The molecular weight excluding hydrogens is 340 g/mol. The Balaban J connectivity index is 2.18. The Morgan fingerprint density at radius 2 is 1.60 bits per heavy atom. The van der Waals surface area contributed by atoms with E-state index in [4.69, 9.17) is 4.74 Å². The molecule has 25 heavy (non-hydrogen) atoms. The highest BCUT2D eigenvalue weighted by Gasteiger charge is 2.22. The fourth-order valence-electron chi connectivity index (χ4n) is 2.19. The minimum Gasteiger partial charge on any atom is -0.495 e. The van der Waals surface area contributed by atoms with Gasteiger partial charge in [0.05, 0.1) is 17.7 Å². The summed E-state index contributed by atoms with van der Waals surface area (Å²) < 4.78 is 32.3. The molecule has 0 unspecified atom stereocenters.